The van der Waals surface area contributed by atoms with E-state index in [1.807, 2.05) is 30.3 Å². The highest BCUT2D eigenvalue weighted by atomic mass is 16.5. The smallest absolute Gasteiger partial charge is 0.310 e. The van der Waals surface area contributed by atoms with E-state index in [9.17, 15) is 4.79 Å². The van der Waals surface area contributed by atoms with Gasteiger partial charge in [0.25, 0.3) is 0 Å². The van der Waals surface area contributed by atoms with Gasteiger partial charge in [-0.2, -0.15) is 0 Å². The summed E-state index contributed by atoms with van der Waals surface area (Å²) in [6.07, 6.45) is 1.50. The van der Waals surface area contributed by atoms with Crippen molar-refractivity contribution in [3.8, 4) is 0 Å². The van der Waals surface area contributed by atoms with Crippen molar-refractivity contribution in [2.45, 2.75) is 19.4 Å². The van der Waals surface area contributed by atoms with E-state index in [2.05, 4.69) is 0 Å². The van der Waals surface area contributed by atoms with Gasteiger partial charge in [0.15, 0.2) is 6.10 Å². The first-order chi connectivity index (χ1) is 8.25. The highest BCUT2D eigenvalue weighted by Crippen LogP contribution is 2.17. The Morgan fingerprint density at radius 1 is 1.24 bits per heavy atom. The Morgan fingerprint density at radius 3 is 2.65 bits per heavy atom. The van der Waals surface area contributed by atoms with Crippen molar-refractivity contribution < 1.29 is 13.9 Å². The van der Waals surface area contributed by atoms with Crippen molar-refractivity contribution in [1.29, 1.82) is 0 Å². The van der Waals surface area contributed by atoms with Crippen LogP contribution in [0.4, 0.5) is 0 Å². The van der Waals surface area contributed by atoms with E-state index in [1.54, 1.807) is 25.3 Å². The molecule has 0 fully saturated rings. The summed E-state index contributed by atoms with van der Waals surface area (Å²) in [6.45, 7) is 1.79. The minimum absolute atomic E-state index is 0.250. The summed E-state index contributed by atoms with van der Waals surface area (Å²) in [6, 6.07) is 13.1. The standard InChI is InChI=1S/C14H14O3/c1-11(13-8-5-9-16-13)17-14(15)10-12-6-3-2-4-7-12/h2-9,11H,10H2,1H3. The third-order valence-corrected chi connectivity index (χ3v) is 2.44. The van der Waals surface area contributed by atoms with Gasteiger partial charge in [-0.15, -0.1) is 0 Å². The molecule has 0 spiro atoms. The summed E-state index contributed by atoms with van der Waals surface area (Å²) in [5.41, 5.74) is 0.948. The van der Waals surface area contributed by atoms with E-state index >= 15 is 0 Å². The molecule has 0 aliphatic heterocycles. The molecule has 1 heterocycles. The van der Waals surface area contributed by atoms with Crippen molar-refractivity contribution in [2.24, 2.45) is 0 Å². The second-order valence-corrected chi connectivity index (χ2v) is 3.81. The number of esters is 1. The average Bonchev–Trinajstić information content (AvgIpc) is 2.83. The van der Waals surface area contributed by atoms with E-state index in [4.69, 9.17) is 9.15 Å². The van der Waals surface area contributed by atoms with E-state index in [-0.39, 0.29) is 18.5 Å². The normalized spacial score (nSPS) is 12.1. The summed E-state index contributed by atoms with van der Waals surface area (Å²) >= 11 is 0. The maximum atomic E-state index is 11.7. The van der Waals surface area contributed by atoms with E-state index < -0.39 is 0 Å². The quantitative estimate of drug-likeness (QED) is 0.757. The van der Waals surface area contributed by atoms with Gasteiger partial charge in [-0.1, -0.05) is 30.3 Å². The number of benzene rings is 1. The second-order valence-electron chi connectivity index (χ2n) is 3.81. The van der Waals surface area contributed by atoms with Crippen LogP contribution in [0, 0.1) is 0 Å². The van der Waals surface area contributed by atoms with Crippen LogP contribution in [-0.2, 0) is 16.0 Å². The summed E-state index contributed by atoms with van der Waals surface area (Å²) in [7, 11) is 0. The predicted molar refractivity (Wildman–Crippen MR) is 63.4 cm³/mol. The summed E-state index contributed by atoms with van der Waals surface area (Å²) in [4.78, 5) is 11.7. The average molecular weight is 230 g/mol. The third kappa shape index (κ3) is 3.21. The van der Waals surface area contributed by atoms with Crippen molar-refractivity contribution >= 4 is 5.97 Å². The van der Waals surface area contributed by atoms with Gasteiger partial charge in [-0.05, 0) is 24.6 Å². The molecule has 1 aromatic heterocycles. The van der Waals surface area contributed by atoms with Gasteiger partial charge >= 0.3 is 5.97 Å². The molecule has 1 unspecified atom stereocenters. The number of carbonyl (C=O) groups is 1. The highest BCUT2D eigenvalue weighted by Gasteiger charge is 2.13. The van der Waals surface area contributed by atoms with Crippen molar-refractivity contribution in [3.05, 3.63) is 60.1 Å². The fourth-order valence-corrected chi connectivity index (χ4v) is 1.58. The van der Waals surface area contributed by atoms with Crippen LogP contribution < -0.4 is 0 Å². The Balaban J connectivity index is 1.90. The molecule has 0 N–H and O–H groups in total. The fourth-order valence-electron chi connectivity index (χ4n) is 1.58. The van der Waals surface area contributed by atoms with Crippen LogP contribution >= 0.6 is 0 Å². The Labute approximate surface area is 100 Å². The molecule has 2 rings (SSSR count). The largest absolute Gasteiger partial charge is 0.465 e. The zero-order chi connectivity index (χ0) is 12.1. The van der Waals surface area contributed by atoms with Crippen molar-refractivity contribution in [3.63, 3.8) is 0 Å². The van der Waals surface area contributed by atoms with Gasteiger partial charge in [0.1, 0.15) is 5.76 Å². The first-order valence-electron chi connectivity index (χ1n) is 5.52. The van der Waals surface area contributed by atoms with Crippen LogP contribution in [0.5, 0.6) is 0 Å². The second kappa shape index (κ2) is 5.34. The molecule has 0 aliphatic carbocycles. The minimum Gasteiger partial charge on any atom is -0.465 e. The van der Waals surface area contributed by atoms with Crippen LogP contribution in [0.15, 0.2) is 53.1 Å². The topological polar surface area (TPSA) is 39.4 Å². The molecular formula is C14H14O3. The Bertz CT molecular complexity index is 459. The summed E-state index contributed by atoms with van der Waals surface area (Å²) in [5.74, 6) is 0.409. The zero-order valence-corrected chi connectivity index (χ0v) is 9.63. The molecule has 0 radical (unpaired) electrons. The van der Waals surface area contributed by atoms with Gasteiger partial charge in [-0.3, -0.25) is 4.79 Å². The first-order valence-corrected chi connectivity index (χ1v) is 5.52. The molecule has 3 heteroatoms. The molecule has 0 saturated heterocycles. The molecule has 3 nitrogen and oxygen atoms in total. The number of hydrogen-bond acceptors (Lipinski definition) is 3. The number of furan rings is 1. The van der Waals surface area contributed by atoms with Gasteiger partial charge in [0.2, 0.25) is 0 Å². The van der Waals surface area contributed by atoms with E-state index in [0.717, 1.165) is 5.56 Å². The van der Waals surface area contributed by atoms with Gasteiger partial charge in [0, 0.05) is 0 Å². The molecule has 1 atom stereocenters. The SMILES string of the molecule is CC(OC(=O)Cc1ccccc1)c1ccco1. The van der Waals surface area contributed by atoms with Crippen LogP contribution in [0.3, 0.4) is 0 Å². The number of rotatable bonds is 4. The maximum absolute atomic E-state index is 11.7. The minimum atomic E-state index is -0.346. The molecule has 1 aromatic carbocycles. The van der Waals surface area contributed by atoms with Crippen LogP contribution in [0.25, 0.3) is 0 Å². The lowest BCUT2D eigenvalue weighted by molar-refractivity contribution is -0.148. The van der Waals surface area contributed by atoms with Gasteiger partial charge < -0.3 is 9.15 Å². The fraction of sp³-hybridized carbons (Fsp3) is 0.214. The zero-order valence-electron chi connectivity index (χ0n) is 9.63. The van der Waals surface area contributed by atoms with Gasteiger partial charge in [-0.25, -0.2) is 0 Å². The predicted octanol–water partition coefficient (Wildman–Crippen LogP) is 3.13. The molecule has 0 bridgehead atoms. The molecule has 0 aliphatic rings. The Hall–Kier alpha value is -2.03. The first kappa shape index (κ1) is 11.5. The number of ether oxygens (including phenoxy) is 1. The van der Waals surface area contributed by atoms with Gasteiger partial charge in [0.05, 0.1) is 12.7 Å². The summed E-state index contributed by atoms with van der Waals surface area (Å²) in [5, 5.41) is 0. The van der Waals surface area contributed by atoms with Crippen molar-refractivity contribution in [1.82, 2.24) is 0 Å². The van der Waals surface area contributed by atoms with E-state index in [1.165, 1.54) is 0 Å². The lowest BCUT2D eigenvalue weighted by atomic mass is 10.1. The monoisotopic (exact) mass is 230 g/mol. The van der Waals surface area contributed by atoms with Crippen LogP contribution in [0.1, 0.15) is 24.4 Å². The molecule has 0 saturated carbocycles. The lowest BCUT2D eigenvalue weighted by Crippen LogP contribution is -2.10. The summed E-state index contributed by atoms with van der Waals surface area (Å²) < 4.78 is 10.4. The maximum Gasteiger partial charge on any atom is 0.310 e. The van der Waals surface area contributed by atoms with E-state index in [0.29, 0.717) is 5.76 Å². The van der Waals surface area contributed by atoms with Crippen molar-refractivity contribution in [2.75, 3.05) is 0 Å². The Kier molecular flexibility index (Phi) is 3.60. The lowest BCUT2D eigenvalue weighted by Gasteiger charge is -2.10. The number of carbonyl (C=O) groups excluding carboxylic acids is 1. The molecule has 88 valence electrons. The highest BCUT2D eigenvalue weighted by molar-refractivity contribution is 5.72. The molecule has 2 aromatic rings. The molecule has 17 heavy (non-hydrogen) atoms. The molecule has 0 amide bonds. The van der Waals surface area contributed by atoms with Crippen LogP contribution in [0.2, 0.25) is 0 Å². The third-order valence-electron chi connectivity index (χ3n) is 2.44. The molecular weight excluding hydrogens is 216 g/mol. The number of hydrogen-bond donors (Lipinski definition) is 0. The van der Waals surface area contributed by atoms with Crippen LogP contribution in [-0.4, -0.2) is 5.97 Å². The Morgan fingerprint density at radius 2 is 2.00 bits per heavy atom.